The number of benzene rings is 4. The Balaban J connectivity index is 1.37. The molecule has 0 spiro atoms. The summed E-state index contributed by atoms with van der Waals surface area (Å²) >= 11 is 0. The Bertz CT molecular complexity index is 1460. The fraction of sp³-hybridized carbons (Fsp3) is 0.385. The topological polar surface area (TPSA) is 46.2 Å². The lowest BCUT2D eigenvalue weighted by molar-refractivity contribution is -0.234. The number of methoxy groups -OCH3 is 1. The van der Waals surface area contributed by atoms with Crippen LogP contribution < -0.4 is 0 Å². The molecule has 3 unspecified atom stereocenters. The van der Waals surface area contributed by atoms with Crippen molar-refractivity contribution in [2.45, 2.75) is 80.6 Å². The predicted molar refractivity (Wildman–Crippen MR) is 180 cm³/mol. The van der Waals surface area contributed by atoms with Gasteiger partial charge in [0.25, 0.3) is 0 Å². The zero-order valence-corrected chi connectivity index (χ0v) is 27.5. The highest BCUT2D eigenvalue weighted by atomic mass is 32.2. The van der Waals surface area contributed by atoms with E-state index < -0.39 is 0 Å². The van der Waals surface area contributed by atoms with Crippen LogP contribution in [0, 0.1) is 12.3 Å². The average molecular weight is 626 g/mol. The molecule has 2 aliphatic rings. The van der Waals surface area contributed by atoms with Crippen LogP contribution in [0.2, 0.25) is 0 Å². The average Bonchev–Trinajstić information content (AvgIpc) is 3.30. The van der Waals surface area contributed by atoms with Gasteiger partial charge < -0.3 is 23.7 Å². The highest BCUT2D eigenvalue weighted by Gasteiger charge is 2.71. The molecular weight excluding hydrogens is 580 g/mol. The maximum absolute atomic E-state index is 7.15. The first kappa shape index (κ1) is 32.0. The van der Waals surface area contributed by atoms with E-state index in [4.69, 9.17) is 23.7 Å². The molecule has 4 aromatic carbocycles. The largest absolute Gasteiger partial charge is 0.374 e. The minimum absolute atomic E-state index is 0.0301. The normalized spacial score (nSPS) is 27.2. The Morgan fingerprint density at radius 3 is 1.71 bits per heavy atom. The first-order chi connectivity index (χ1) is 22.0. The van der Waals surface area contributed by atoms with Crippen LogP contribution in [0.15, 0.2) is 120 Å². The van der Waals surface area contributed by atoms with Crippen LogP contribution in [0.1, 0.15) is 36.1 Å². The molecule has 4 aromatic rings. The molecular formula is C39H45O5S+. The van der Waals surface area contributed by atoms with E-state index in [1.165, 1.54) is 10.5 Å². The fourth-order valence-corrected chi connectivity index (χ4v) is 10.2. The third-order valence-electron chi connectivity index (χ3n) is 8.97. The van der Waals surface area contributed by atoms with Gasteiger partial charge in [0, 0.05) is 7.11 Å². The molecule has 0 N–H and O–H groups in total. The molecule has 2 heterocycles. The first-order valence-electron chi connectivity index (χ1n) is 15.8. The summed E-state index contributed by atoms with van der Waals surface area (Å²) in [6.07, 6.45) is -1.03. The summed E-state index contributed by atoms with van der Waals surface area (Å²) in [6, 6.07) is 39.9. The van der Waals surface area contributed by atoms with Crippen molar-refractivity contribution in [3.05, 3.63) is 138 Å². The second-order valence-electron chi connectivity index (χ2n) is 12.7. The first-order valence-corrected chi connectivity index (χ1v) is 17.2. The maximum Gasteiger partial charge on any atom is 0.231 e. The third-order valence-corrected chi connectivity index (χ3v) is 12.1. The number of hydrogen-bond donors (Lipinski definition) is 0. The van der Waals surface area contributed by atoms with Gasteiger partial charge in [0.15, 0.2) is 10.1 Å². The van der Waals surface area contributed by atoms with Gasteiger partial charge in [-0.2, -0.15) is 0 Å². The van der Waals surface area contributed by atoms with Crippen molar-refractivity contribution >= 4 is 10.9 Å². The summed E-state index contributed by atoms with van der Waals surface area (Å²) in [6.45, 7) is 8.54. The van der Waals surface area contributed by atoms with Crippen LogP contribution in [-0.2, 0) is 54.4 Å². The number of fused-ring (bicyclic) bond motifs is 1. The van der Waals surface area contributed by atoms with Crippen molar-refractivity contribution in [2.24, 2.45) is 5.41 Å². The van der Waals surface area contributed by atoms with Crippen molar-refractivity contribution < 1.29 is 23.7 Å². The summed E-state index contributed by atoms with van der Waals surface area (Å²) in [5.74, 6) is 0. The van der Waals surface area contributed by atoms with Gasteiger partial charge in [-0.05, 0) is 49.6 Å². The van der Waals surface area contributed by atoms with Crippen molar-refractivity contribution in [3.8, 4) is 0 Å². The lowest BCUT2D eigenvalue weighted by atomic mass is 9.81. The summed E-state index contributed by atoms with van der Waals surface area (Å²) in [4.78, 5) is 1.27. The summed E-state index contributed by atoms with van der Waals surface area (Å²) in [7, 11) is 1.51. The quantitative estimate of drug-likeness (QED) is 0.153. The second kappa shape index (κ2) is 14.6. The number of hydrogen-bond acceptors (Lipinski definition) is 5. The molecule has 0 amide bonds. The third kappa shape index (κ3) is 7.22. The van der Waals surface area contributed by atoms with Crippen molar-refractivity contribution in [2.75, 3.05) is 13.7 Å². The van der Waals surface area contributed by atoms with Gasteiger partial charge in [0.1, 0.15) is 24.4 Å². The Morgan fingerprint density at radius 1 is 0.667 bits per heavy atom. The SMILES string of the molecule is CO[C@@H]1[S+](c2ccc(C)cc2)C2C(O[C@H](COCc3ccccc3)[C@@H](OCc3ccccc3)[C@@H]2OCc2ccccc2)C1(C)C. The Morgan fingerprint density at radius 2 is 1.18 bits per heavy atom. The minimum Gasteiger partial charge on any atom is -0.374 e. The van der Waals surface area contributed by atoms with E-state index in [1.54, 1.807) is 0 Å². The van der Waals surface area contributed by atoms with Crippen LogP contribution in [-0.4, -0.2) is 48.8 Å². The summed E-state index contributed by atoms with van der Waals surface area (Å²) < 4.78 is 33.8. The van der Waals surface area contributed by atoms with Crippen LogP contribution in [0.5, 0.6) is 0 Å². The van der Waals surface area contributed by atoms with E-state index in [0.717, 1.165) is 16.7 Å². The minimum atomic E-state index is -0.349. The van der Waals surface area contributed by atoms with E-state index in [1.807, 2.05) is 49.6 Å². The van der Waals surface area contributed by atoms with E-state index in [-0.39, 0.29) is 51.4 Å². The van der Waals surface area contributed by atoms with Gasteiger partial charge in [-0.15, -0.1) is 0 Å². The van der Waals surface area contributed by atoms with Crippen LogP contribution in [0.25, 0.3) is 0 Å². The molecule has 6 rings (SSSR count). The van der Waals surface area contributed by atoms with Gasteiger partial charge in [0.2, 0.25) is 5.44 Å². The molecule has 2 aliphatic heterocycles. The van der Waals surface area contributed by atoms with Gasteiger partial charge in [0.05, 0.1) is 42.7 Å². The second-order valence-corrected chi connectivity index (χ2v) is 14.8. The fourth-order valence-electron chi connectivity index (χ4n) is 6.70. The van der Waals surface area contributed by atoms with Gasteiger partial charge in [-0.3, -0.25) is 0 Å². The Kier molecular flexibility index (Phi) is 10.4. The lowest BCUT2D eigenvalue weighted by Crippen LogP contribution is -2.62. The van der Waals surface area contributed by atoms with Crippen molar-refractivity contribution in [3.63, 3.8) is 0 Å². The van der Waals surface area contributed by atoms with E-state index >= 15 is 0 Å². The Labute approximate surface area is 271 Å². The predicted octanol–water partition coefficient (Wildman–Crippen LogP) is 7.51. The zero-order valence-electron chi connectivity index (χ0n) is 26.7. The molecule has 0 bridgehead atoms. The standard InChI is InChI=1S/C39H45O5S/c1-28-20-22-32(23-21-28)45-36-35(43-26-31-18-12-7-13-19-31)34(42-25-30-16-10-6-11-17-30)33(27-41-24-29-14-8-5-9-15-29)44-37(36)39(2,3)38(45)40-4/h5-23,33-38H,24-27H2,1-4H3/q+1/t33-,34-,35+,36?,37?,38-,45?/m1/s1. The molecule has 7 atom stereocenters. The van der Waals surface area contributed by atoms with Gasteiger partial charge >= 0.3 is 0 Å². The van der Waals surface area contributed by atoms with Gasteiger partial charge in [-0.1, -0.05) is 109 Å². The molecule has 0 radical (unpaired) electrons. The Hall–Kier alpha value is -2.97. The molecule has 0 saturated carbocycles. The molecule has 5 nitrogen and oxygen atoms in total. The smallest absolute Gasteiger partial charge is 0.231 e. The molecule has 0 aromatic heterocycles. The number of rotatable bonds is 12. The number of aryl methyl sites for hydroxylation is 1. The summed E-state index contributed by atoms with van der Waals surface area (Å²) in [5.41, 5.74) is 4.30. The van der Waals surface area contributed by atoms with E-state index in [2.05, 4.69) is 93.6 Å². The van der Waals surface area contributed by atoms with Crippen LogP contribution in [0.4, 0.5) is 0 Å². The highest BCUT2D eigenvalue weighted by molar-refractivity contribution is 7.98. The molecule has 0 aliphatic carbocycles. The van der Waals surface area contributed by atoms with E-state index in [0.29, 0.717) is 26.4 Å². The zero-order chi connectivity index (χ0) is 31.2. The molecule has 2 saturated heterocycles. The monoisotopic (exact) mass is 625 g/mol. The molecule has 2 fully saturated rings. The van der Waals surface area contributed by atoms with Crippen molar-refractivity contribution in [1.29, 1.82) is 0 Å². The number of ether oxygens (including phenoxy) is 5. The van der Waals surface area contributed by atoms with E-state index in [9.17, 15) is 0 Å². The molecule has 236 valence electrons. The molecule has 6 heteroatoms. The maximum atomic E-state index is 7.15. The highest BCUT2D eigenvalue weighted by Crippen LogP contribution is 2.53. The lowest BCUT2D eigenvalue weighted by Gasteiger charge is -2.44. The molecule has 45 heavy (non-hydrogen) atoms. The van der Waals surface area contributed by atoms with Gasteiger partial charge in [-0.25, -0.2) is 0 Å². The van der Waals surface area contributed by atoms with Crippen molar-refractivity contribution in [1.82, 2.24) is 0 Å². The van der Waals surface area contributed by atoms with Crippen LogP contribution >= 0.6 is 0 Å². The van der Waals surface area contributed by atoms with Crippen LogP contribution in [0.3, 0.4) is 0 Å². The summed E-state index contributed by atoms with van der Waals surface area (Å²) in [5, 5.41) is 0.0301.